The molecular weight excluding hydrogens is 330 g/mol. The van der Waals surface area contributed by atoms with Gasteiger partial charge in [0.2, 0.25) is 5.82 Å². The summed E-state index contributed by atoms with van der Waals surface area (Å²) in [5.74, 6) is -0.364. The lowest BCUT2D eigenvalue weighted by molar-refractivity contribution is 0.304. The van der Waals surface area contributed by atoms with E-state index >= 15 is 0 Å². The number of unbranched alkanes of at least 4 members (excludes halogenated alkanes) is 1. The fraction of sp³-hybridized carbons (Fsp3) is 0.478. The normalized spacial score (nSPS) is 20.2. The van der Waals surface area contributed by atoms with Gasteiger partial charge < -0.3 is 4.74 Å². The second-order valence-corrected chi connectivity index (χ2v) is 7.43. The maximum Gasteiger partial charge on any atom is 0.201 e. The average molecular weight is 358 g/mol. The maximum absolute atomic E-state index is 14.3. The van der Waals surface area contributed by atoms with Crippen LogP contribution in [0.1, 0.15) is 63.4 Å². The van der Waals surface area contributed by atoms with Gasteiger partial charge in [-0.1, -0.05) is 50.5 Å². The number of benzene rings is 2. The Kier molecular flexibility index (Phi) is 6.29. The van der Waals surface area contributed by atoms with Crippen molar-refractivity contribution in [2.45, 2.75) is 57.8 Å². The molecular formula is C23H28F2O. The van der Waals surface area contributed by atoms with Crippen molar-refractivity contribution in [3.8, 4) is 16.9 Å². The van der Waals surface area contributed by atoms with Crippen molar-refractivity contribution in [2.24, 2.45) is 5.92 Å². The summed E-state index contributed by atoms with van der Waals surface area (Å²) in [6.07, 6.45) is 9.08. The van der Waals surface area contributed by atoms with Gasteiger partial charge in [0.15, 0.2) is 11.6 Å². The summed E-state index contributed by atoms with van der Waals surface area (Å²) in [6.45, 7) is 2.25. The van der Waals surface area contributed by atoms with Crippen LogP contribution >= 0.6 is 0 Å². The van der Waals surface area contributed by atoms with Crippen LogP contribution in [0, 0.1) is 17.6 Å². The van der Waals surface area contributed by atoms with Gasteiger partial charge in [0.25, 0.3) is 0 Å². The first-order valence-corrected chi connectivity index (χ1v) is 9.76. The highest BCUT2D eigenvalue weighted by atomic mass is 19.2. The summed E-state index contributed by atoms with van der Waals surface area (Å²) in [7, 11) is 1.34. The number of rotatable bonds is 6. The zero-order chi connectivity index (χ0) is 18.5. The quantitative estimate of drug-likeness (QED) is 0.535. The van der Waals surface area contributed by atoms with Gasteiger partial charge in [-0.05, 0) is 60.8 Å². The molecule has 0 radical (unpaired) electrons. The van der Waals surface area contributed by atoms with Crippen molar-refractivity contribution in [1.82, 2.24) is 0 Å². The number of hydrogen-bond donors (Lipinski definition) is 0. The number of halogens is 2. The molecule has 0 amide bonds. The molecule has 0 bridgehead atoms. The Balaban J connectivity index is 1.69. The van der Waals surface area contributed by atoms with Crippen LogP contribution in [0.25, 0.3) is 11.1 Å². The molecule has 2 aromatic rings. The third-order valence-electron chi connectivity index (χ3n) is 5.77. The van der Waals surface area contributed by atoms with E-state index in [0.29, 0.717) is 11.5 Å². The summed E-state index contributed by atoms with van der Waals surface area (Å²) in [6, 6.07) is 11.0. The van der Waals surface area contributed by atoms with Crippen LogP contribution in [0.2, 0.25) is 0 Å². The van der Waals surface area contributed by atoms with Crippen molar-refractivity contribution in [3.05, 3.63) is 53.6 Å². The molecule has 0 N–H and O–H groups in total. The molecule has 1 saturated carbocycles. The summed E-state index contributed by atoms with van der Waals surface area (Å²) < 4.78 is 33.1. The van der Waals surface area contributed by atoms with Gasteiger partial charge in [-0.2, -0.15) is 4.39 Å². The molecule has 0 spiro atoms. The predicted octanol–water partition coefficient (Wildman–Crippen LogP) is 7.10. The third-order valence-corrected chi connectivity index (χ3v) is 5.77. The highest BCUT2D eigenvalue weighted by Gasteiger charge is 2.22. The summed E-state index contributed by atoms with van der Waals surface area (Å²) in [5, 5.41) is 0. The SMILES string of the molecule is CCCCC1CCC(c2ccc(-c3ccc(OC)c(F)c3F)cc2)CC1. The molecule has 0 aromatic heterocycles. The van der Waals surface area contributed by atoms with Crippen LogP contribution in [0.15, 0.2) is 36.4 Å². The van der Waals surface area contributed by atoms with Crippen LogP contribution in [0.3, 0.4) is 0 Å². The van der Waals surface area contributed by atoms with Crippen molar-refractivity contribution in [3.63, 3.8) is 0 Å². The van der Waals surface area contributed by atoms with Crippen LogP contribution in [-0.4, -0.2) is 7.11 Å². The Bertz CT molecular complexity index is 716. The second-order valence-electron chi connectivity index (χ2n) is 7.43. The van der Waals surface area contributed by atoms with E-state index in [1.807, 2.05) is 12.1 Å². The summed E-state index contributed by atoms with van der Waals surface area (Å²) in [4.78, 5) is 0. The lowest BCUT2D eigenvalue weighted by Crippen LogP contribution is -2.13. The van der Waals surface area contributed by atoms with Crippen molar-refractivity contribution >= 4 is 0 Å². The molecule has 3 rings (SSSR count). The highest BCUT2D eigenvalue weighted by Crippen LogP contribution is 2.38. The highest BCUT2D eigenvalue weighted by molar-refractivity contribution is 5.65. The lowest BCUT2D eigenvalue weighted by Gasteiger charge is -2.29. The van der Waals surface area contributed by atoms with Gasteiger partial charge in [-0.3, -0.25) is 0 Å². The molecule has 140 valence electrons. The predicted molar refractivity (Wildman–Crippen MR) is 103 cm³/mol. The van der Waals surface area contributed by atoms with E-state index in [1.54, 1.807) is 6.07 Å². The third kappa shape index (κ3) is 4.08. The zero-order valence-electron chi connectivity index (χ0n) is 15.7. The van der Waals surface area contributed by atoms with E-state index in [1.165, 1.54) is 63.7 Å². The van der Waals surface area contributed by atoms with Crippen LogP contribution < -0.4 is 4.74 Å². The van der Waals surface area contributed by atoms with Crippen LogP contribution in [0.4, 0.5) is 8.78 Å². The van der Waals surface area contributed by atoms with Gasteiger partial charge in [0.05, 0.1) is 7.11 Å². The number of hydrogen-bond acceptors (Lipinski definition) is 1. The Morgan fingerprint density at radius 1 is 0.923 bits per heavy atom. The topological polar surface area (TPSA) is 9.23 Å². The molecule has 1 aliphatic carbocycles. The minimum Gasteiger partial charge on any atom is -0.494 e. The van der Waals surface area contributed by atoms with E-state index in [0.717, 1.165) is 5.92 Å². The van der Waals surface area contributed by atoms with Crippen molar-refractivity contribution in [1.29, 1.82) is 0 Å². The zero-order valence-corrected chi connectivity index (χ0v) is 15.7. The van der Waals surface area contributed by atoms with E-state index < -0.39 is 11.6 Å². The molecule has 0 heterocycles. The Hall–Kier alpha value is -1.90. The first kappa shape index (κ1) is 18.9. The average Bonchev–Trinajstić information content (AvgIpc) is 2.69. The number of ether oxygens (including phenoxy) is 1. The van der Waals surface area contributed by atoms with E-state index in [9.17, 15) is 8.78 Å². The minimum atomic E-state index is -0.931. The Morgan fingerprint density at radius 3 is 2.23 bits per heavy atom. The maximum atomic E-state index is 14.3. The first-order chi connectivity index (χ1) is 12.6. The van der Waals surface area contributed by atoms with Gasteiger partial charge in [-0.15, -0.1) is 0 Å². The molecule has 0 atom stereocenters. The molecule has 0 unspecified atom stereocenters. The molecule has 0 saturated heterocycles. The van der Waals surface area contributed by atoms with Crippen LogP contribution in [-0.2, 0) is 0 Å². The second kappa shape index (κ2) is 8.66. The molecule has 0 aliphatic heterocycles. The standard InChI is InChI=1S/C23H28F2O/c1-3-4-5-16-6-8-17(9-7-16)18-10-12-19(13-11-18)20-14-15-21(26-2)23(25)22(20)24/h10-17H,3-9H2,1-2H3. The van der Waals surface area contributed by atoms with Crippen molar-refractivity contribution < 1.29 is 13.5 Å². The van der Waals surface area contributed by atoms with Gasteiger partial charge in [-0.25, -0.2) is 4.39 Å². The Morgan fingerprint density at radius 2 is 1.62 bits per heavy atom. The molecule has 26 heavy (non-hydrogen) atoms. The molecule has 1 aliphatic rings. The Labute approximate surface area is 155 Å². The van der Waals surface area contributed by atoms with E-state index in [2.05, 4.69) is 19.1 Å². The molecule has 2 aromatic carbocycles. The van der Waals surface area contributed by atoms with E-state index in [4.69, 9.17) is 4.74 Å². The fourth-order valence-electron chi connectivity index (χ4n) is 4.12. The minimum absolute atomic E-state index is 0.0669. The molecule has 1 nitrogen and oxygen atoms in total. The van der Waals surface area contributed by atoms with Crippen LogP contribution in [0.5, 0.6) is 5.75 Å². The molecule has 3 heteroatoms. The summed E-state index contributed by atoms with van der Waals surface area (Å²) in [5.41, 5.74) is 2.29. The fourth-order valence-corrected chi connectivity index (χ4v) is 4.12. The van der Waals surface area contributed by atoms with Crippen molar-refractivity contribution in [2.75, 3.05) is 7.11 Å². The first-order valence-electron chi connectivity index (χ1n) is 9.76. The lowest BCUT2D eigenvalue weighted by atomic mass is 9.77. The monoisotopic (exact) mass is 358 g/mol. The largest absolute Gasteiger partial charge is 0.494 e. The molecule has 1 fully saturated rings. The van der Waals surface area contributed by atoms with Gasteiger partial charge in [0.1, 0.15) is 0 Å². The smallest absolute Gasteiger partial charge is 0.201 e. The van der Waals surface area contributed by atoms with Gasteiger partial charge in [0, 0.05) is 5.56 Å². The number of methoxy groups -OCH3 is 1. The summed E-state index contributed by atoms with van der Waals surface area (Å²) >= 11 is 0. The van der Waals surface area contributed by atoms with Gasteiger partial charge >= 0.3 is 0 Å². The van der Waals surface area contributed by atoms with E-state index in [-0.39, 0.29) is 11.3 Å².